The van der Waals surface area contributed by atoms with E-state index >= 15 is 0 Å². The SMILES string of the molecule is c1ccc(-c2ccc3c(c2)c2cc(-c4ccc5oc6ccccc6c5c4)ccc2c2oc(-c4ccc(N(c5ccccc5)c5ccccc5)cc4)nc32)cc1. The van der Waals surface area contributed by atoms with Crippen LogP contribution in [0.2, 0.25) is 0 Å². The van der Waals surface area contributed by atoms with Crippen molar-refractivity contribution < 1.29 is 8.83 Å². The van der Waals surface area contributed by atoms with E-state index in [1.165, 1.54) is 5.56 Å². The average molecular weight is 705 g/mol. The summed E-state index contributed by atoms with van der Waals surface area (Å²) in [5, 5.41) is 6.57. The van der Waals surface area contributed by atoms with Gasteiger partial charge in [-0.1, -0.05) is 109 Å². The van der Waals surface area contributed by atoms with Crippen molar-refractivity contribution in [2.24, 2.45) is 0 Å². The molecule has 0 saturated carbocycles. The number of fused-ring (bicyclic) bond motifs is 9. The molecule has 0 amide bonds. The van der Waals surface area contributed by atoms with Gasteiger partial charge in [-0.2, -0.15) is 0 Å². The third kappa shape index (κ3) is 5.26. The topological polar surface area (TPSA) is 42.4 Å². The minimum Gasteiger partial charge on any atom is -0.456 e. The van der Waals surface area contributed by atoms with E-state index in [2.05, 4.69) is 175 Å². The number of aromatic nitrogens is 1. The van der Waals surface area contributed by atoms with Crippen LogP contribution in [0.3, 0.4) is 0 Å². The molecule has 0 radical (unpaired) electrons. The second-order valence-corrected chi connectivity index (χ2v) is 13.9. The highest BCUT2D eigenvalue weighted by molar-refractivity contribution is 6.24. The summed E-state index contributed by atoms with van der Waals surface area (Å²) in [6.07, 6.45) is 0. The Hall–Kier alpha value is -7.43. The lowest BCUT2D eigenvalue weighted by molar-refractivity contribution is 0.623. The first-order valence-electron chi connectivity index (χ1n) is 18.5. The van der Waals surface area contributed by atoms with Gasteiger partial charge in [-0.3, -0.25) is 0 Å². The van der Waals surface area contributed by atoms with E-state index in [-0.39, 0.29) is 0 Å². The predicted octanol–water partition coefficient (Wildman–Crippen LogP) is 14.5. The lowest BCUT2D eigenvalue weighted by Crippen LogP contribution is -2.09. The first kappa shape index (κ1) is 31.1. The Labute approximate surface area is 317 Å². The van der Waals surface area contributed by atoms with Crippen LogP contribution in [-0.4, -0.2) is 4.98 Å². The third-order valence-corrected chi connectivity index (χ3v) is 10.7. The Balaban J connectivity index is 1.07. The molecular formula is C51H32N2O2. The van der Waals surface area contributed by atoms with Crippen molar-refractivity contribution in [3.63, 3.8) is 0 Å². The molecule has 0 bridgehead atoms. The standard InChI is InChI=1S/C51H32N2O2/c1-4-12-33(13-5-1)35-22-27-42-44(30-35)45-31-36(37-24-29-48-46(32-37)41-18-10-11-19-47(41)54-48)23-28-43(45)50-49(42)52-51(55-50)34-20-25-40(26-21-34)53(38-14-6-2-7-15-38)39-16-8-3-9-17-39/h1-32H. The highest BCUT2D eigenvalue weighted by Gasteiger charge is 2.19. The summed E-state index contributed by atoms with van der Waals surface area (Å²) in [4.78, 5) is 7.46. The van der Waals surface area contributed by atoms with Gasteiger partial charge >= 0.3 is 0 Å². The van der Waals surface area contributed by atoms with Gasteiger partial charge in [0.05, 0.1) is 0 Å². The molecule has 4 nitrogen and oxygen atoms in total. The zero-order chi connectivity index (χ0) is 36.3. The van der Waals surface area contributed by atoms with Crippen LogP contribution >= 0.6 is 0 Å². The van der Waals surface area contributed by atoms with Crippen molar-refractivity contribution in [2.45, 2.75) is 0 Å². The summed E-state index contributed by atoms with van der Waals surface area (Å²) in [5.74, 6) is 0.592. The molecule has 55 heavy (non-hydrogen) atoms. The Kier molecular flexibility index (Phi) is 7.14. The lowest BCUT2D eigenvalue weighted by atomic mass is 9.93. The fourth-order valence-corrected chi connectivity index (χ4v) is 8.00. The van der Waals surface area contributed by atoms with Gasteiger partial charge in [-0.05, 0) is 118 Å². The molecule has 258 valence electrons. The third-order valence-electron chi connectivity index (χ3n) is 10.7. The number of anilines is 3. The summed E-state index contributed by atoms with van der Waals surface area (Å²) in [7, 11) is 0. The largest absolute Gasteiger partial charge is 0.456 e. The van der Waals surface area contributed by atoms with Crippen molar-refractivity contribution in [1.82, 2.24) is 4.98 Å². The Morgan fingerprint density at radius 3 is 1.55 bits per heavy atom. The number of oxazole rings is 1. The van der Waals surface area contributed by atoms with Crippen LogP contribution in [-0.2, 0) is 0 Å². The maximum Gasteiger partial charge on any atom is 0.227 e. The monoisotopic (exact) mass is 704 g/mol. The predicted molar refractivity (Wildman–Crippen MR) is 227 cm³/mol. The number of furan rings is 1. The van der Waals surface area contributed by atoms with E-state index < -0.39 is 0 Å². The number of para-hydroxylation sites is 3. The first-order chi connectivity index (χ1) is 27.2. The van der Waals surface area contributed by atoms with Crippen molar-refractivity contribution >= 4 is 71.6 Å². The summed E-state index contributed by atoms with van der Waals surface area (Å²) in [5.41, 5.74) is 12.2. The number of hydrogen-bond donors (Lipinski definition) is 0. The fraction of sp³-hybridized carbons (Fsp3) is 0. The highest BCUT2D eigenvalue weighted by Crippen LogP contribution is 2.42. The Bertz CT molecular complexity index is 3140. The van der Waals surface area contributed by atoms with Gasteiger partial charge in [-0.25, -0.2) is 4.98 Å². The van der Waals surface area contributed by atoms with Gasteiger partial charge < -0.3 is 13.7 Å². The van der Waals surface area contributed by atoms with Crippen molar-refractivity contribution in [3.05, 3.63) is 194 Å². The average Bonchev–Trinajstić information content (AvgIpc) is 3.88. The molecule has 2 aromatic heterocycles. The van der Waals surface area contributed by atoms with E-state index in [1.807, 2.05) is 24.3 Å². The molecule has 0 aliphatic rings. The highest BCUT2D eigenvalue weighted by atomic mass is 16.3. The van der Waals surface area contributed by atoms with E-state index in [0.29, 0.717) is 5.89 Å². The van der Waals surface area contributed by atoms with Crippen LogP contribution < -0.4 is 4.90 Å². The normalized spacial score (nSPS) is 11.6. The van der Waals surface area contributed by atoms with Gasteiger partial charge in [0.1, 0.15) is 16.7 Å². The molecule has 0 N–H and O–H groups in total. The smallest absolute Gasteiger partial charge is 0.227 e. The summed E-state index contributed by atoms with van der Waals surface area (Å²) >= 11 is 0. The zero-order valence-corrected chi connectivity index (χ0v) is 29.7. The van der Waals surface area contributed by atoms with Gasteiger partial charge in [0, 0.05) is 44.2 Å². The van der Waals surface area contributed by atoms with Crippen molar-refractivity contribution in [3.8, 4) is 33.7 Å². The van der Waals surface area contributed by atoms with E-state index in [1.54, 1.807) is 0 Å². The molecule has 0 aliphatic carbocycles. The molecule has 2 heterocycles. The first-order valence-corrected chi connectivity index (χ1v) is 18.5. The van der Waals surface area contributed by atoms with Crippen LogP contribution in [0.1, 0.15) is 0 Å². The quantitative estimate of drug-likeness (QED) is 0.162. The minimum atomic E-state index is 0.592. The fourth-order valence-electron chi connectivity index (χ4n) is 8.00. The summed E-state index contributed by atoms with van der Waals surface area (Å²) < 4.78 is 12.9. The summed E-state index contributed by atoms with van der Waals surface area (Å²) in [6, 6.07) is 68.0. The Morgan fingerprint density at radius 1 is 0.327 bits per heavy atom. The molecule has 4 heteroatoms. The van der Waals surface area contributed by atoms with E-state index in [4.69, 9.17) is 13.8 Å². The summed E-state index contributed by atoms with van der Waals surface area (Å²) in [6.45, 7) is 0. The maximum atomic E-state index is 6.76. The molecule has 9 aromatic carbocycles. The van der Waals surface area contributed by atoms with Crippen molar-refractivity contribution in [1.29, 1.82) is 0 Å². The van der Waals surface area contributed by atoms with Crippen LogP contribution in [0.4, 0.5) is 17.1 Å². The molecule has 0 saturated heterocycles. The number of benzene rings is 9. The number of rotatable bonds is 6. The van der Waals surface area contributed by atoms with Gasteiger partial charge in [0.15, 0.2) is 5.58 Å². The van der Waals surface area contributed by atoms with Crippen LogP contribution in [0.15, 0.2) is 203 Å². The van der Waals surface area contributed by atoms with E-state index in [9.17, 15) is 0 Å². The van der Waals surface area contributed by atoms with Gasteiger partial charge in [-0.15, -0.1) is 0 Å². The van der Waals surface area contributed by atoms with Crippen LogP contribution in [0.25, 0.3) is 88.3 Å². The second-order valence-electron chi connectivity index (χ2n) is 13.9. The molecule has 0 atom stereocenters. The van der Waals surface area contributed by atoms with Crippen LogP contribution in [0.5, 0.6) is 0 Å². The maximum absolute atomic E-state index is 6.76. The van der Waals surface area contributed by atoms with Gasteiger partial charge in [0.2, 0.25) is 5.89 Å². The molecule has 0 fully saturated rings. The molecule has 0 spiro atoms. The molecule has 11 aromatic rings. The number of hydrogen-bond acceptors (Lipinski definition) is 4. The Morgan fingerprint density at radius 2 is 0.836 bits per heavy atom. The van der Waals surface area contributed by atoms with Crippen LogP contribution in [0, 0.1) is 0 Å². The molecule has 0 aliphatic heterocycles. The van der Waals surface area contributed by atoms with Crippen molar-refractivity contribution in [2.75, 3.05) is 4.90 Å². The second kappa shape index (κ2) is 12.6. The molecule has 0 unspecified atom stereocenters. The molecular weight excluding hydrogens is 673 g/mol. The zero-order valence-electron chi connectivity index (χ0n) is 29.7. The van der Waals surface area contributed by atoms with E-state index in [0.717, 1.165) is 93.9 Å². The minimum absolute atomic E-state index is 0.592. The number of nitrogens with zero attached hydrogens (tertiary/aromatic N) is 2. The molecule has 11 rings (SSSR count). The van der Waals surface area contributed by atoms with Gasteiger partial charge in [0.25, 0.3) is 0 Å². The lowest BCUT2D eigenvalue weighted by Gasteiger charge is -2.25.